The average Bonchev–Trinajstić information content (AvgIpc) is 3.09. The fourth-order valence-electron chi connectivity index (χ4n) is 3.09. The van der Waals surface area contributed by atoms with E-state index in [9.17, 15) is 4.79 Å². The van der Waals surface area contributed by atoms with Gasteiger partial charge in [0.2, 0.25) is 0 Å². The molecule has 0 aliphatic rings. The molecule has 1 heterocycles. The summed E-state index contributed by atoms with van der Waals surface area (Å²) >= 11 is 0. The minimum atomic E-state index is -0.166. The number of benzene rings is 2. The van der Waals surface area contributed by atoms with Crippen molar-refractivity contribution in [2.24, 2.45) is 0 Å². The summed E-state index contributed by atoms with van der Waals surface area (Å²) in [7, 11) is 0. The van der Waals surface area contributed by atoms with Gasteiger partial charge in [-0.3, -0.25) is 4.79 Å². The number of para-hydroxylation sites is 1. The Balaban J connectivity index is 1.46. The van der Waals surface area contributed by atoms with Gasteiger partial charge in [-0.2, -0.15) is 0 Å². The zero-order valence-electron chi connectivity index (χ0n) is 17.7. The lowest BCUT2D eigenvalue weighted by Gasteiger charge is -2.14. The molecule has 0 saturated heterocycles. The van der Waals surface area contributed by atoms with Crippen LogP contribution in [0.25, 0.3) is 0 Å². The maximum atomic E-state index is 12.6. The van der Waals surface area contributed by atoms with E-state index < -0.39 is 0 Å². The van der Waals surface area contributed by atoms with Crippen LogP contribution in [0.4, 0.5) is 0 Å². The molecule has 30 heavy (non-hydrogen) atoms. The van der Waals surface area contributed by atoms with Crippen molar-refractivity contribution in [2.45, 2.75) is 39.9 Å². The van der Waals surface area contributed by atoms with Gasteiger partial charge in [-0.15, -0.1) is 0 Å². The number of nitrogens with one attached hydrogen (secondary N) is 1. The molecule has 1 N–H and O–H groups in total. The first-order chi connectivity index (χ1) is 14.6. The number of ether oxygens (including phenoxy) is 2. The Labute approximate surface area is 177 Å². The van der Waals surface area contributed by atoms with Crippen molar-refractivity contribution >= 4 is 5.91 Å². The summed E-state index contributed by atoms with van der Waals surface area (Å²) in [5.74, 6) is 1.09. The lowest BCUT2D eigenvalue weighted by molar-refractivity contribution is 0.0634. The van der Waals surface area contributed by atoms with Crippen LogP contribution in [-0.2, 0) is 11.3 Å². The first kappa shape index (κ1) is 21.6. The second-order valence-electron chi connectivity index (χ2n) is 7.12. The maximum Gasteiger partial charge on any atom is 0.255 e. The van der Waals surface area contributed by atoms with Gasteiger partial charge < -0.3 is 19.3 Å². The van der Waals surface area contributed by atoms with Crippen LogP contribution >= 0.6 is 0 Å². The summed E-state index contributed by atoms with van der Waals surface area (Å²) in [5, 5.41) is 6.87. The lowest BCUT2D eigenvalue weighted by atomic mass is 10.1. The summed E-state index contributed by atoms with van der Waals surface area (Å²) in [6, 6.07) is 17.3. The van der Waals surface area contributed by atoms with Gasteiger partial charge in [0.15, 0.2) is 0 Å². The van der Waals surface area contributed by atoms with Gasteiger partial charge in [0, 0.05) is 13.2 Å². The minimum absolute atomic E-state index is 0.0281. The van der Waals surface area contributed by atoms with Crippen LogP contribution in [-0.4, -0.2) is 24.2 Å². The zero-order chi connectivity index (χ0) is 21.3. The predicted octanol–water partition coefficient (Wildman–Crippen LogP) is 4.77. The van der Waals surface area contributed by atoms with Crippen LogP contribution < -0.4 is 10.1 Å². The Morgan fingerprint density at radius 3 is 2.57 bits per heavy atom. The number of carbonyl (C=O) groups is 1. The molecule has 1 unspecified atom stereocenters. The molecular weight excluding hydrogens is 380 g/mol. The molecule has 3 aromatic rings. The van der Waals surface area contributed by atoms with E-state index in [1.807, 2.05) is 63.2 Å². The maximum absolute atomic E-state index is 12.6. The standard InChI is InChI=1S/C24H28N2O4/c1-17-22(19(3)30-26-17)16-29-23-13-8-7-12-21(23)24(27)25-14-9-15-28-18(2)20-10-5-4-6-11-20/h4-8,10-13,18H,9,14-16H2,1-3H3,(H,25,27). The molecule has 6 heteroatoms. The molecule has 0 radical (unpaired) electrons. The van der Waals surface area contributed by atoms with Crippen molar-refractivity contribution in [1.29, 1.82) is 0 Å². The summed E-state index contributed by atoms with van der Waals surface area (Å²) in [6.07, 6.45) is 0.755. The van der Waals surface area contributed by atoms with Gasteiger partial charge >= 0.3 is 0 Å². The van der Waals surface area contributed by atoms with Crippen molar-refractivity contribution in [3.63, 3.8) is 0 Å². The number of carbonyl (C=O) groups excluding carboxylic acids is 1. The largest absolute Gasteiger partial charge is 0.488 e. The van der Waals surface area contributed by atoms with Crippen LogP contribution in [0.1, 0.15) is 52.4 Å². The summed E-state index contributed by atoms with van der Waals surface area (Å²) in [5.41, 5.74) is 3.34. The highest BCUT2D eigenvalue weighted by Crippen LogP contribution is 2.21. The third-order valence-corrected chi connectivity index (χ3v) is 4.93. The lowest BCUT2D eigenvalue weighted by Crippen LogP contribution is -2.26. The molecule has 0 fully saturated rings. The van der Waals surface area contributed by atoms with Gasteiger partial charge in [-0.1, -0.05) is 47.6 Å². The molecule has 1 aromatic heterocycles. The Morgan fingerprint density at radius 1 is 1.10 bits per heavy atom. The van der Waals surface area contributed by atoms with Crippen molar-refractivity contribution in [1.82, 2.24) is 10.5 Å². The van der Waals surface area contributed by atoms with Crippen molar-refractivity contribution in [3.8, 4) is 5.75 Å². The molecule has 1 atom stereocenters. The van der Waals surface area contributed by atoms with Crippen molar-refractivity contribution in [3.05, 3.63) is 82.7 Å². The third kappa shape index (κ3) is 5.70. The highest BCUT2D eigenvalue weighted by molar-refractivity contribution is 5.96. The molecule has 2 aromatic carbocycles. The number of aryl methyl sites for hydroxylation is 2. The van der Waals surface area contributed by atoms with Gasteiger partial charge in [-0.05, 0) is 44.9 Å². The summed E-state index contributed by atoms with van der Waals surface area (Å²) in [4.78, 5) is 12.6. The van der Waals surface area contributed by atoms with Crippen molar-refractivity contribution < 1.29 is 18.8 Å². The fraction of sp³-hybridized carbons (Fsp3) is 0.333. The Kier molecular flexibility index (Phi) is 7.63. The Morgan fingerprint density at radius 2 is 1.83 bits per heavy atom. The van der Waals surface area contributed by atoms with E-state index in [4.69, 9.17) is 14.0 Å². The summed E-state index contributed by atoms with van der Waals surface area (Å²) < 4.78 is 16.9. The average molecular weight is 408 g/mol. The first-order valence-corrected chi connectivity index (χ1v) is 10.1. The van der Waals surface area contributed by atoms with Crippen molar-refractivity contribution in [2.75, 3.05) is 13.2 Å². The van der Waals surface area contributed by atoms with E-state index in [1.54, 1.807) is 12.1 Å². The number of hydrogen-bond acceptors (Lipinski definition) is 5. The normalized spacial score (nSPS) is 11.8. The van der Waals surface area contributed by atoms with E-state index in [0.29, 0.717) is 31.1 Å². The van der Waals surface area contributed by atoms with Crippen LogP contribution in [0.5, 0.6) is 5.75 Å². The SMILES string of the molecule is Cc1noc(C)c1COc1ccccc1C(=O)NCCCOC(C)c1ccccc1. The topological polar surface area (TPSA) is 73.6 Å². The predicted molar refractivity (Wildman–Crippen MR) is 115 cm³/mol. The zero-order valence-corrected chi connectivity index (χ0v) is 17.7. The second-order valence-corrected chi connectivity index (χ2v) is 7.12. The smallest absolute Gasteiger partial charge is 0.255 e. The molecule has 0 bridgehead atoms. The molecule has 0 saturated carbocycles. The molecule has 6 nitrogen and oxygen atoms in total. The number of nitrogens with zero attached hydrogens (tertiary/aromatic N) is 1. The Bertz CT molecular complexity index is 933. The fourth-order valence-corrected chi connectivity index (χ4v) is 3.09. The quantitative estimate of drug-likeness (QED) is 0.489. The number of amides is 1. The Hall–Kier alpha value is -3.12. The van der Waals surface area contributed by atoms with E-state index in [-0.39, 0.29) is 12.0 Å². The summed E-state index contributed by atoms with van der Waals surface area (Å²) in [6.45, 7) is 7.14. The molecule has 0 aliphatic carbocycles. The minimum Gasteiger partial charge on any atom is -0.488 e. The van der Waals surface area contributed by atoms with Gasteiger partial charge in [0.1, 0.15) is 18.1 Å². The first-order valence-electron chi connectivity index (χ1n) is 10.1. The molecular formula is C24H28N2O4. The third-order valence-electron chi connectivity index (χ3n) is 4.93. The van der Waals surface area contributed by atoms with E-state index >= 15 is 0 Å². The van der Waals surface area contributed by atoms with Crippen LogP contribution in [0.3, 0.4) is 0 Å². The molecule has 3 rings (SSSR count). The highest BCUT2D eigenvalue weighted by Gasteiger charge is 2.14. The number of aromatic nitrogens is 1. The van der Waals surface area contributed by atoms with E-state index in [2.05, 4.69) is 10.5 Å². The van der Waals surface area contributed by atoms with Crippen LogP contribution in [0.15, 0.2) is 59.1 Å². The van der Waals surface area contributed by atoms with Crippen LogP contribution in [0, 0.1) is 13.8 Å². The molecule has 0 spiro atoms. The number of rotatable bonds is 10. The van der Waals surface area contributed by atoms with Gasteiger partial charge in [-0.25, -0.2) is 0 Å². The van der Waals surface area contributed by atoms with Gasteiger partial charge in [0.25, 0.3) is 5.91 Å². The van der Waals surface area contributed by atoms with Gasteiger partial charge in [0.05, 0.1) is 22.9 Å². The molecule has 1 amide bonds. The highest BCUT2D eigenvalue weighted by atomic mass is 16.5. The number of hydrogen-bond donors (Lipinski definition) is 1. The molecule has 0 aliphatic heterocycles. The molecule has 158 valence electrons. The van der Waals surface area contributed by atoms with E-state index in [1.165, 1.54) is 0 Å². The van der Waals surface area contributed by atoms with E-state index in [0.717, 1.165) is 29.0 Å². The monoisotopic (exact) mass is 408 g/mol. The second kappa shape index (κ2) is 10.6. The van der Waals surface area contributed by atoms with Crippen LogP contribution in [0.2, 0.25) is 0 Å².